The number of hydrogen-bond donors (Lipinski definition) is 10. The SMILES string of the molecule is O=c1c(OC2O[C@H](CO)[C@@H](O)[C@@](O)(Cc3cc(O)c(O)c(O)c3)[C@H]2O)c(-c2ccc(O)cc2)oc2cc(O)cc(O)c12. The molecule has 14 nitrogen and oxygen atoms in total. The van der Waals surface area contributed by atoms with E-state index in [1.54, 1.807) is 0 Å². The topological polar surface area (TPSA) is 251 Å². The number of phenols is 6. The van der Waals surface area contributed by atoms with E-state index >= 15 is 0 Å². The van der Waals surface area contributed by atoms with Crippen molar-refractivity contribution in [3.63, 3.8) is 0 Å². The average Bonchev–Trinajstić information content (AvgIpc) is 2.93. The summed E-state index contributed by atoms with van der Waals surface area (Å²) >= 11 is 0. The molecule has 1 saturated heterocycles. The number of aromatic hydroxyl groups is 6. The maximum absolute atomic E-state index is 13.6. The fourth-order valence-electron chi connectivity index (χ4n) is 4.88. The van der Waals surface area contributed by atoms with Crippen LogP contribution in [0.25, 0.3) is 22.3 Å². The van der Waals surface area contributed by atoms with Crippen molar-refractivity contribution in [3.05, 3.63) is 64.3 Å². The van der Waals surface area contributed by atoms with Gasteiger partial charge in [0.25, 0.3) is 0 Å². The Kier molecular flexibility index (Phi) is 7.26. The average molecular weight is 587 g/mol. The molecule has 0 saturated carbocycles. The highest BCUT2D eigenvalue weighted by molar-refractivity contribution is 5.88. The van der Waals surface area contributed by atoms with Crippen LogP contribution in [0.5, 0.6) is 40.2 Å². The second-order valence-electron chi connectivity index (χ2n) is 9.86. The summed E-state index contributed by atoms with van der Waals surface area (Å²) in [6.07, 6.45) is -8.35. The fraction of sp³-hybridized carbons (Fsp3) is 0.250. The molecule has 1 aromatic heterocycles. The first kappa shape index (κ1) is 28.8. The minimum atomic E-state index is -2.59. The van der Waals surface area contributed by atoms with Crippen LogP contribution in [-0.2, 0) is 11.2 Å². The predicted molar refractivity (Wildman–Crippen MR) is 141 cm³/mol. The molecule has 14 heteroatoms. The summed E-state index contributed by atoms with van der Waals surface area (Å²) in [5.41, 5.74) is -3.71. The third-order valence-corrected chi connectivity index (χ3v) is 7.02. The Balaban J connectivity index is 1.62. The Labute approximate surface area is 235 Å². The molecular formula is C28H26O14. The number of hydrogen-bond acceptors (Lipinski definition) is 14. The Hall–Kier alpha value is -4.73. The zero-order valence-electron chi connectivity index (χ0n) is 21.4. The van der Waals surface area contributed by atoms with Crippen LogP contribution >= 0.6 is 0 Å². The van der Waals surface area contributed by atoms with Gasteiger partial charge in [0.15, 0.2) is 23.0 Å². The van der Waals surface area contributed by atoms with Gasteiger partial charge in [0.2, 0.25) is 17.5 Å². The van der Waals surface area contributed by atoms with E-state index in [1.807, 2.05) is 0 Å². The van der Waals surface area contributed by atoms with Crippen molar-refractivity contribution in [2.75, 3.05) is 6.61 Å². The number of phenolic OH excluding ortho intramolecular Hbond substituents is 6. The molecule has 0 spiro atoms. The molecule has 0 radical (unpaired) electrons. The van der Waals surface area contributed by atoms with Crippen LogP contribution in [0, 0.1) is 0 Å². The summed E-state index contributed by atoms with van der Waals surface area (Å²) in [6.45, 7) is -0.890. The number of ether oxygens (including phenoxy) is 2. The van der Waals surface area contributed by atoms with Gasteiger partial charge in [-0.1, -0.05) is 0 Å². The summed E-state index contributed by atoms with van der Waals surface area (Å²) in [5.74, 6) is -4.50. The highest BCUT2D eigenvalue weighted by atomic mass is 16.7. The molecule has 10 N–H and O–H groups in total. The van der Waals surface area contributed by atoms with Gasteiger partial charge in [0, 0.05) is 24.1 Å². The molecule has 1 fully saturated rings. The van der Waals surface area contributed by atoms with Crippen LogP contribution < -0.4 is 10.2 Å². The second kappa shape index (κ2) is 10.6. The van der Waals surface area contributed by atoms with Crippen molar-refractivity contribution < 1.29 is 65.0 Å². The molecule has 2 heterocycles. The lowest BCUT2D eigenvalue weighted by Gasteiger charge is -2.47. The van der Waals surface area contributed by atoms with Gasteiger partial charge in [0.05, 0.1) is 6.61 Å². The van der Waals surface area contributed by atoms with Crippen molar-refractivity contribution in [1.82, 2.24) is 0 Å². The zero-order chi connectivity index (χ0) is 30.5. The number of fused-ring (bicyclic) bond motifs is 1. The highest BCUT2D eigenvalue weighted by Gasteiger charge is 2.56. The largest absolute Gasteiger partial charge is 0.508 e. The maximum Gasteiger partial charge on any atom is 0.239 e. The molecule has 3 aromatic carbocycles. The van der Waals surface area contributed by atoms with Gasteiger partial charge in [-0.15, -0.1) is 0 Å². The summed E-state index contributed by atoms with van der Waals surface area (Å²) in [6, 6.07) is 9.13. The monoisotopic (exact) mass is 586 g/mol. The van der Waals surface area contributed by atoms with E-state index in [-0.39, 0.29) is 28.2 Å². The molecule has 42 heavy (non-hydrogen) atoms. The normalized spacial score (nSPS) is 24.1. The van der Waals surface area contributed by atoms with Crippen molar-refractivity contribution in [2.45, 2.75) is 36.6 Å². The zero-order valence-corrected chi connectivity index (χ0v) is 21.4. The summed E-state index contributed by atoms with van der Waals surface area (Å²) in [5, 5.41) is 102. The molecule has 4 aromatic rings. The maximum atomic E-state index is 13.6. The molecule has 5 atom stereocenters. The van der Waals surface area contributed by atoms with Crippen LogP contribution in [-0.4, -0.2) is 87.9 Å². The molecule has 1 unspecified atom stereocenters. The number of aliphatic hydroxyl groups excluding tert-OH is 3. The Morgan fingerprint density at radius 2 is 1.48 bits per heavy atom. The van der Waals surface area contributed by atoms with Gasteiger partial charge >= 0.3 is 0 Å². The van der Waals surface area contributed by atoms with E-state index in [0.717, 1.165) is 24.3 Å². The Bertz CT molecular complexity index is 1680. The van der Waals surface area contributed by atoms with Crippen LogP contribution in [0.4, 0.5) is 0 Å². The highest BCUT2D eigenvalue weighted by Crippen LogP contribution is 2.41. The molecule has 222 valence electrons. The Morgan fingerprint density at radius 3 is 2.10 bits per heavy atom. The lowest BCUT2D eigenvalue weighted by atomic mass is 9.79. The van der Waals surface area contributed by atoms with Gasteiger partial charge in [-0.05, 0) is 42.0 Å². The summed E-state index contributed by atoms with van der Waals surface area (Å²) in [7, 11) is 0. The van der Waals surface area contributed by atoms with Crippen LogP contribution in [0.1, 0.15) is 5.56 Å². The lowest BCUT2D eigenvalue weighted by molar-refractivity contribution is -0.313. The van der Waals surface area contributed by atoms with Crippen molar-refractivity contribution >= 4 is 11.0 Å². The van der Waals surface area contributed by atoms with Gasteiger partial charge in [0.1, 0.15) is 52.1 Å². The molecule has 1 aliphatic rings. The van der Waals surface area contributed by atoms with E-state index < -0.39 is 88.5 Å². The van der Waals surface area contributed by atoms with Crippen molar-refractivity contribution in [1.29, 1.82) is 0 Å². The summed E-state index contributed by atoms with van der Waals surface area (Å²) in [4.78, 5) is 13.6. The van der Waals surface area contributed by atoms with Gasteiger partial charge in [-0.2, -0.15) is 0 Å². The molecule has 0 amide bonds. The molecule has 5 rings (SSSR count). The first-order chi connectivity index (χ1) is 19.8. The van der Waals surface area contributed by atoms with E-state index in [2.05, 4.69) is 0 Å². The van der Waals surface area contributed by atoms with Crippen LogP contribution in [0.2, 0.25) is 0 Å². The van der Waals surface area contributed by atoms with Gasteiger partial charge < -0.3 is 65.0 Å². The third-order valence-electron chi connectivity index (χ3n) is 7.02. The van der Waals surface area contributed by atoms with Crippen molar-refractivity contribution in [2.24, 2.45) is 0 Å². The molecule has 0 aliphatic carbocycles. The minimum absolute atomic E-state index is 0.0551. The number of rotatable bonds is 6. The summed E-state index contributed by atoms with van der Waals surface area (Å²) < 4.78 is 17.0. The second-order valence-corrected chi connectivity index (χ2v) is 9.86. The molecular weight excluding hydrogens is 560 g/mol. The predicted octanol–water partition coefficient (Wildman–Crippen LogP) is 0.485. The lowest BCUT2D eigenvalue weighted by Crippen LogP contribution is -2.69. The van der Waals surface area contributed by atoms with E-state index in [0.29, 0.717) is 0 Å². The minimum Gasteiger partial charge on any atom is -0.508 e. The van der Waals surface area contributed by atoms with Gasteiger partial charge in [-0.25, -0.2) is 0 Å². The van der Waals surface area contributed by atoms with E-state index in [1.165, 1.54) is 24.3 Å². The number of aliphatic hydroxyl groups is 4. The number of benzene rings is 3. The van der Waals surface area contributed by atoms with Gasteiger partial charge in [-0.3, -0.25) is 4.79 Å². The third kappa shape index (κ3) is 4.87. The molecule has 1 aliphatic heterocycles. The van der Waals surface area contributed by atoms with Crippen molar-refractivity contribution in [3.8, 4) is 51.6 Å². The standard InChI is InChI=1S/C28H26O14/c29-10-19-25(37)28(39,9-11-5-16(33)21(35)17(34)6-11)26(38)27(41-19)42-24-22(36)20-15(32)7-14(31)8-18(20)40-23(24)12-1-3-13(30)4-2-12/h1-8,19,25-27,29-35,37-39H,9-10H2/t19-,25-,26+,27?,28+/m1/s1. The first-order valence-corrected chi connectivity index (χ1v) is 12.4. The van der Waals surface area contributed by atoms with E-state index in [9.17, 15) is 55.9 Å². The molecule has 0 bridgehead atoms. The Morgan fingerprint density at radius 1 is 0.833 bits per heavy atom. The first-order valence-electron chi connectivity index (χ1n) is 12.4. The quantitative estimate of drug-likeness (QED) is 0.138. The fourth-order valence-corrected chi connectivity index (χ4v) is 4.88. The van der Waals surface area contributed by atoms with Crippen LogP contribution in [0.3, 0.4) is 0 Å². The smallest absolute Gasteiger partial charge is 0.239 e. The van der Waals surface area contributed by atoms with E-state index in [4.69, 9.17) is 13.9 Å². The van der Waals surface area contributed by atoms with Crippen LogP contribution in [0.15, 0.2) is 57.7 Å².